The first kappa shape index (κ1) is 15.8. The summed E-state index contributed by atoms with van der Waals surface area (Å²) in [7, 11) is 0. The fraction of sp³-hybridized carbons (Fsp3) is 0.0800. The molecule has 2 nitrogen and oxygen atoms in total. The number of H-pyrrole nitrogens is 1. The molecule has 2 aromatic heterocycles. The molecule has 0 radical (unpaired) electrons. The van der Waals surface area contributed by atoms with E-state index in [1.807, 2.05) is 0 Å². The summed E-state index contributed by atoms with van der Waals surface area (Å²) >= 11 is 0. The predicted molar refractivity (Wildman–Crippen MR) is 113 cm³/mol. The van der Waals surface area contributed by atoms with Crippen LogP contribution in [0.25, 0.3) is 33.1 Å². The largest absolute Gasteiger partial charge is 0.353 e. The average Bonchev–Trinajstić information content (AvgIpc) is 3.10. The lowest BCUT2D eigenvalue weighted by Crippen LogP contribution is -1.98. The van der Waals surface area contributed by atoms with Gasteiger partial charge >= 0.3 is 0 Å². The maximum Gasteiger partial charge on any atom is 0.0961 e. The molecular weight excluding hydrogens is 328 g/mol. The van der Waals surface area contributed by atoms with Crippen LogP contribution in [0.15, 0.2) is 91.0 Å². The summed E-state index contributed by atoms with van der Waals surface area (Å²) < 4.78 is 0. The summed E-state index contributed by atoms with van der Waals surface area (Å²) in [5.74, 6) is 0. The van der Waals surface area contributed by atoms with Crippen LogP contribution in [0.1, 0.15) is 11.3 Å². The number of nitrogens with one attached hydrogen (secondary N) is 1. The second-order valence-corrected chi connectivity index (χ2v) is 6.90. The van der Waals surface area contributed by atoms with Gasteiger partial charge in [-0.2, -0.15) is 0 Å². The minimum atomic E-state index is 0.920. The lowest BCUT2D eigenvalue weighted by molar-refractivity contribution is 0.925. The van der Waals surface area contributed by atoms with E-state index in [0.717, 1.165) is 35.1 Å². The molecule has 0 aliphatic rings. The molecule has 0 unspecified atom stereocenters. The van der Waals surface area contributed by atoms with Crippen LogP contribution in [0.5, 0.6) is 0 Å². The third kappa shape index (κ3) is 3.00. The van der Waals surface area contributed by atoms with Crippen molar-refractivity contribution in [2.24, 2.45) is 0 Å². The maximum absolute atomic E-state index is 5.12. The number of rotatable bonds is 4. The van der Waals surface area contributed by atoms with E-state index >= 15 is 0 Å². The summed E-state index contributed by atoms with van der Waals surface area (Å²) in [4.78, 5) is 8.65. The Kier molecular flexibility index (Phi) is 3.95. The van der Waals surface area contributed by atoms with E-state index in [1.54, 1.807) is 0 Å². The zero-order chi connectivity index (χ0) is 18.1. The van der Waals surface area contributed by atoms with Crippen molar-refractivity contribution in [1.29, 1.82) is 0 Å². The van der Waals surface area contributed by atoms with Crippen LogP contribution in [0.3, 0.4) is 0 Å². The lowest BCUT2D eigenvalue weighted by atomic mass is 9.99. The van der Waals surface area contributed by atoms with Gasteiger partial charge in [0.25, 0.3) is 0 Å². The molecule has 0 fully saturated rings. The minimum Gasteiger partial charge on any atom is -0.353 e. The molecule has 0 aliphatic heterocycles. The van der Waals surface area contributed by atoms with Gasteiger partial charge in [-0.15, -0.1) is 0 Å². The molecule has 0 saturated carbocycles. The van der Waals surface area contributed by atoms with Gasteiger partial charge in [0, 0.05) is 22.2 Å². The van der Waals surface area contributed by atoms with Gasteiger partial charge < -0.3 is 4.98 Å². The van der Waals surface area contributed by atoms with Gasteiger partial charge in [-0.25, -0.2) is 4.98 Å². The third-order valence-corrected chi connectivity index (χ3v) is 5.13. The number of hydrogen-bond acceptors (Lipinski definition) is 1. The highest BCUT2D eigenvalue weighted by Gasteiger charge is 2.13. The average molecular weight is 348 g/mol. The van der Waals surface area contributed by atoms with Crippen LogP contribution in [0.4, 0.5) is 0 Å². The second kappa shape index (κ2) is 6.73. The number of benzene rings is 3. The van der Waals surface area contributed by atoms with Crippen LogP contribution in [0, 0.1) is 0 Å². The fourth-order valence-electron chi connectivity index (χ4n) is 3.76. The first-order valence-corrected chi connectivity index (χ1v) is 9.38. The number of nitrogens with zero attached hydrogens (tertiary/aromatic N) is 1. The SMILES string of the molecule is c1ccc(CCc2nc3c(cc2-c2ccccc2)[nH]c2ccccc23)cc1. The molecule has 2 heteroatoms. The monoisotopic (exact) mass is 348 g/mol. The topological polar surface area (TPSA) is 28.7 Å². The van der Waals surface area contributed by atoms with E-state index in [0.29, 0.717) is 0 Å². The molecule has 27 heavy (non-hydrogen) atoms. The highest BCUT2D eigenvalue weighted by molar-refractivity contribution is 6.05. The number of hydrogen-bond donors (Lipinski definition) is 1. The Balaban J connectivity index is 1.66. The molecule has 130 valence electrons. The molecule has 0 amide bonds. The first-order valence-electron chi connectivity index (χ1n) is 9.38. The number of fused-ring (bicyclic) bond motifs is 3. The molecule has 0 spiro atoms. The van der Waals surface area contributed by atoms with Crippen LogP contribution in [-0.2, 0) is 12.8 Å². The number of aromatic amines is 1. The predicted octanol–water partition coefficient (Wildman–Crippen LogP) is 6.17. The first-order chi connectivity index (χ1) is 13.4. The molecule has 0 aliphatic carbocycles. The van der Waals surface area contributed by atoms with Gasteiger partial charge in [-0.1, -0.05) is 78.9 Å². The van der Waals surface area contributed by atoms with E-state index in [2.05, 4.69) is 96.0 Å². The Hall–Kier alpha value is -3.39. The number of aromatic nitrogens is 2. The molecular formula is C25H20N2. The van der Waals surface area contributed by atoms with Crippen molar-refractivity contribution in [3.63, 3.8) is 0 Å². The summed E-state index contributed by atoms with van der Waals surface area (Å²) in [5.41, 5.74) is 8.23. The molecule has 2 heterocycles. The Bertz CT molecular complexity index is 1200. The van der Waals surface area contributed by atoms with Crippen molar-refractivity contribution in [1.82, 2.24) is 9.97 Å². The Morgan fingerprint density at radius 2 is 1.37 bits per heavy atom. The van der Waals surface area contributed by atoms with Crippen molar-refractivity contribution in [2.75, 3.05) is 0 Å². The fourth-order valence-corrected chi connectivity index (χ4v) is 3.76. The number of aryl methyl sites for hydroxylation is 2. The van der Waals surface area contributed by atoms with Crippen molar-refractivity contribution in [3.05, 3.63) is 102 Å². The normalized spacial score (nSPS) is 11.3. The van der Waals surface area contributed by atoms with Gasteiger partial charge in [0.05, 0.1) is 11.0 Å². The summed E-state index contributed by atoms with van der Waals surface area (Å²) in [6.07, 6.45) is 1.91. The molecule has 1 N–H and O–H groups in total. The van der Waals surface area contributed by atoms with Gasteiger partial charge in [-0.3, -0.25) is 0 Å². The van der Waals surface area contributed by atoms with E-state index in [1.165, 1.54) is 22.1 Å². The summed E-state index contributed by atoms with van der Waals surface area (Å²) in [5, 5.41) is 1.19. The highest BCUT2D eigenvalue weighted by Crippen LogP contribution is 2.31. The van der Waals surface area contributed by atoms with E-state index in [-0.39, 0.29) is 0 Å². The summed E-state index contributed by atoms with van der Waals surface area (Å²) in [6, 6.07) is 31.9. The van der Waals surface area contributed by atoms with E-state index in [4.69, 9.17) is 4.98 Å². The standard InChI is InChI=1S/C25H20N2/c1-3-9-18(10-4-1)15-16-23-21(19-11-5-2-6-12-19)17-24-25(27-23)20-13-7-8-14-22(20)26-24/h1-14,17,26H,15-16H2. The number of pyridine rings is 1. The molecule has 5 aromatic rings. The van der Waals surface area contributed by atoms with E-state index in [9.17, 15) is 0 Å². The van der Waals surface area contributed by atoms with Gasteiger partial charge in [0.15, 0.2) is 0 Å². The zero-order valence-electron chi connectivity index (χ0n) is 15.0. The van der Waals surface area contributed by atoms with Crippen molar-refractivity contribution < 1.29 is 0 Å². The Morgan fingerprint density at radius 3 is 2.19 bits per heavy atom. The van der Waals surface area contributed by atoms with Gasteiger partial charge in [0.2, 0.25) is 0 Å². The van der Waals surface area contributed by atoms with Gasteiger partial charge in [-0.05, 0) is 36.1 Å². The smallest absolute Gasteiger partial charge is 0.0961 e. The molecule has 0 atom stereocenters. The number of para-hydroxylation sites is 1. The zero-order valence-corrected chi connectivity index (χ0v) is 15.0. The quantitative estimate of drug-likeness (QED) is 0.413. The highest BCUT2D eigenvalue weighted by atomic mass is 14.8. The minimum absolute atomic E-state index is 0.920. The lowest BCUT2D eigenvalue weighted by Gasteiger charge is -2.10. The molecule has 5 rings (SSSR count). The van der Waals surface area contributed by atoms with Crippen LogP contribution in [-0.4, -0.2) is 9.97 Å². The summed E-state index contributed by atoms with van der Waals surface area (Å²) in [6.45, 7) is 0. The van der Waals surface area contributed by atoms with Gasteiger partial charge in [0.1, 0.15) is 0 Å². The molecule has 3 aromatic carbocycles. The second-order valence-electron chi connectivity index (χ2n) is 6.90. The van der Waals surface area contributed by atoms with Crippen LogP contribution < -0.4 is 0 Å². The van der Waals surface area contributed by atoms with Crippen molar-refractivity contribution >= 4 is 21.9 Å². The van der Waals surface area contributed by atoms with E-state index < -0.39 is 0 Å². The third-order valence-electron chi connectivity index (χ3n) is 5.13. The van der Waals surface area contributed by atoms with Crippen LogP contribution >= 0.6 is 0 Å². The Morgan fingerprint density at radius 1 is 0.667 bits per heavy atom. The van der Waals surface area contributed by atoms with Crippen LogP contribution in [0.2, 0.25) is 0 Å². The van der Waals surface area contributed by atoms with Crippen molar-refractivity contribution in [2.45, 2.75) is 12.8 Å². The maximum atomic E-state index is 5.12. The molecule has 0 bridgehead atoms. The van der Waals surface area contributed by atoms with Crippen molar-refractivity contribution in [3.8, 4) is 11.1 Å². The Labute approximate surface area is 158 Å². The molecule has 0 saturated heterocycles.